The molecule has 3 aromatic carbocycles. The summed E-state index contributed by atoms with van der Waals surface area (Å²) >= 11 is 0. The molecule has 8 heteroatoms. The summed E-state index contributed by atoms with van der Waals surface area (Å²) in [4.78, 5) is 18.0. The number of carbonyl (C=O) groups excluding carboxylic acids is 1. The van der Waals surface area contributed by atoms with E-state index in [1.54, 1.807) is 12.1 Å². The molecule has 2 N–H and O–H groups in total. The normalized spacial score (nSPS) is 15.4. The van der Waals surface area contributed by atoms with Crippen LogP contribution in [0.25, 0.3) is 11.1 Å². The number of rotatable bonds is 9. The van der Waals surface area contributed by atoms with Gasteiger partial charge in [-0.2, -0.15) is 0 Å². The molecule has 1 saturated heterocycles. The second-order valence-corrected chi connectivity index (χ2v) is 13.5. The molecule has 4 rings (SSSR count). The van der Waals surface area contributed by atoms with Gasteiger partial charge in [0.05, 0.1) is 24.5 Å². The number of nitrogens with two attached hydrogens (primary N) is 1. The minimum Gasteiger partial charge on any atom is -0.378 e. The molecule has 0 aromatic heterocycles. The van der Waals surface area contributed by atoms with Crippen molar-refractivity contribution >= 4 is 21.5 Å². The fourth-order valence-electron chi connectivity index (χ4n) is 5.35. The summed E-state index contributed by atoms with van der Waals surface area (Å²) in [5.41, 5.74) is 7.68. The number of anilines is 1. The van der Waals surface area contributed by atoms with Gasteiger partial charge in [-0.15, -0.1) is 4.36 Å². The number of morpholine rings is 1. The van der Waals surface area contributed by atoms with Crippen molar-refractivity contribution in [1.82, 2.24) is 4.90 Å². The summed E-state index contributed by atoms with van der Waals surface area (Å²) in [5.74, 6) is -0.0926. The van der Waals surface area contributed by atoms with Gasteiger partial charge in [-0.25, -0.2) is 9.35 Å². The third-order valence-electron chi connectivity index (χ3n) is 7.47. The molecule has 0 aliphatic carbocycles. The van der Waals surface area contributed by atoms with E-state index in [2.05, 4.69) is 73.4 Å². The van der Waals surface area contributed by atoms with Crippen LogP contribution in [0.1, 0.15) is 61.8 Å². The number of hydrogen-bond donors (Lipinski definition) is 1. The van der Waals surface area contributed by atoms with Crippen molar-refractivity contribution < 1.29 is 13.7 Å². The van der Waals surface area contributed by atoms with Crippen molar-refractivity contribution in [3.8, 4) is 11.1 Å². The summed E-state index contributed by atoms with van der Waals surface area (Å²) in [6, 6.07) is 20.2. The van der Waals surface area contributed by atoms with Crippen LogP contribution in [-0.2, 0) is 32.4 Å². The second-order valence-electron chi connectivity index (χ2n) is 11.7. The first-order valence-corrected chi connectivity index (χ1v) is 15.9. The lowest BCUT2D eigenvalue weighted by Crippen LogP contribution is -2.36. The van der Waals surface area contributed by atoms with E-state index in [1.807, 2.05) is 31.1 Å². The van der Waals surface area contributed by atoms with Crippen LogP contribution in [0.2, 0.25) is 0 Å². The van der Waals surface area contributed by atoms with Crippen LogP contribution in [0.4, 0.5) is 5.69 Å². The molecular formula is C33H44N4O3S. The monoisotopic (exact) mass is 576 g/mol. The molecule has 0 radical (unpaired) electrons. The fraction of sp³-hybridized carbons (Fsp3) is 0.424. The van der Waals surface area contributed by atoms with Crippen molar-refractivity contribution in [3.63, 3.8) is 0 Å². The van der Waals surface area contributed by atoms with E-state index in [4.69, 9.17) is 9.88 Å². The summed E-state index contributed by atoms with van der Waals surface area (Å²) in [5, 5.41) is 6.13. The minimum atomic E-state index is -3.36. The smallest absolute Gasteiger partial charge is 0.259 e. The molecule has 220 valence electrons. The molecule has 1 aliphatic heterocycles. The van der Waals surface area contributed by atoms with E-state index in [0.717, 1.165) is 66.2 Å². The number of amides is 1. The molecule has 1 atom stereocenters. The predicted molar refractivity (Wildman–Crippen MR) is 169 cm³/mol. The number of hydrogen-bond acceptors (Lipinski definition) is 5. The van der Waals surface area contributed by atoms with Crippen molar-refractivity contribution in [2.45, 2.75) is 57.4 Å². The molecule has 41 heavy (non-hydrogen) atoms. The maximum absolute atomic E-state index is 13.3. The van der Waals surface area contributed by atoms with Gasteiger partial charge < -0.3 is 14.5 Å². The zero-order chi connectivity index (χ0) is 29.7. The van der Waals surface area contributed by atoms with E-state index >= 15 is 0 Å². The lowest BCUT2D eigenvalue weighted by molar-refractivity contribution is -0.117. The summed E-state index contributed by atoms with van der Waals surface area (Å²) in [6.45, 7) is 12.6. The molecule has 7 nitrogen and oxygen atoms in total. The highest BCUT2D eigenvalue weighted by atomic mass is 32.2. The lowest BCUT2D eigenvalue weighted by atomic mass is 9.84. The van der Waals surface area contributed by atoms with Crippen molar-refractivity contribution in [3.05, 3.63) is 82.9 Å². The van der Waals surface area contributed by atoms with E-state index in [1.165, 1.54) is 5.69 Å². The van der Waals surface area contributed by atoms with Gasteiger partial charge in [0, 0.05) is 25.3 Å². The number of benzene rings is 3. The van der Waals surface area contributed by atoms with Crippen molar-refractivity contribution in [2.24, 2.45) is 9.50 Å². The van der Waals surface area contributed by atoms with Gasteiger partial charge in [0.2, 0.25) is 0 Å². The summed E-state index contributed by atoms with van der Waals surface area (Å²) < 4.78 is 22.8. The lowest BCUT2D eigenvalue weighted by Gasteiger charge is -2.29. The first-order chi connectivity index (χ1) is 19.4. The first-order valence-electron chi connectivity index (χ1n) is 14.4. The van der Waals surface area contributed by atoms with Crippen LogP contribution in [0.5, 0.6) is 0 Å². The van der Waals surface area contributed by atoms with Gasteiger partial charge in [0.25, 0.3) is 5.91 Å². The number of ether oxygens (including phenoxy) is 1. The highest BCUT2D eigenvalue weighted by Gasteiger charge is 2.21. The first kappa shape index (κ1) is 30.9. The maximum Gasteiger partial charge on any atom is 0.259 e. The quantitative estimate of drug-likeness (QED) is 0.339. The van der Waals surface area contributed by atoms with Gasteiger partial charge in [-0.3, -0.25) is 4.79 Å². The Morgan fingerprint density at radius 1 is 0.927 bits per heavy atom. The molecule has 3 aromatic rings. The molecule has 0 saturated carbocycles. The van der Waals surface area contributed by atoms with E-state index in [0.29, 0.717) is 4.90 Å². The van der Waals surface area contributed by atoms with Gasteiger partial charge in [-0.05, 0) is 83.6 Å². The van der Waals surface area contributed by atoms with E-state index in [9.17, 15) is 9.00 Å². The van der Waals surface area contributed by atoms with Gasteiger partial charge in [0.1, 0.15) is 9.92 Å². The Bertz CT molecular complexity index is 1440. The summed E-state index contributed by atoms with van der Waals surface area (Å²) in [7, 11) is 0.616. The molecule has 1 heterocycles. The minimum absolute atomic E-state index is 0.0597. The predicted octanol–water partition coefficient (Wildman–Crippen LogP) is 5.97. The Balaban J connectivity index is 1.63. The highest BCUT2D eigenvalue weighted by molar-refractivity contribution is 7.91. The Hall–Kier alpha value is -3.04. The number of carbonyl (C=O) groups is 1. The Morgan fingerprint density at radius 3 is 2.00 bits per heavy atom. The van der Waals surface area contributed by atoms with Gasteiger partial charge in [-0.1, -0.05) is 64.1 Å². The van der Waals surface area contributed by atoms with Crippen molar-refractivity contribution in [1.29, 1.82) is 0 Å². The summed E-state index contributed by atoms with van der Waals surface area (Å²) in [6.07, 6.45) is 0.0597. The fourth-order valence-corrected chi connectivity index (χ4v) is 6.35. The Morgan fingerprint density at radius 2 is 1.49 bits per heavy atom. The van der Waals surface area contributed by atoms with E-state index < -0.39 is 15.8 Å². The van der Waals surface area contributed by atoms with Crippen LogP contribution in [0.3, 0.4) is 0 Å². The van der Waals surface area contributed by atoms with Crippen LogP contribution < -0.4 is 10.0 Å². The third-order valence-corrected chi connectivity index (χ3v) is 8.89. The zero-order valence-electron chi connectivity index (χ0n) is 25.2. The second kappa shape index (κ2) is 13.3. The molecule has 0 bridgehead atoms. The average Bonchev–Trinajstić information content (AvgIpc) is 2.93. The van der Waals surface area contributed by atoms with Crippen LogP contribution in [-0.4, -0.2) is 55.4 Å². The standard InChI is InChI=1S/C33H44N4O3S/c1-23(2)30-19-27(26-9-11-28(12-10-26)37-15-17-40-18-16-37)20-31(24(3)4)32(30)21-33(38)35-41(34,39)29-13-7-25(8-14-29)22-36(5)6/h7-14,19-20,23-24H,15-18,21-22H2,1-6H3,(H2,34,35,38,39). The van der Waals surface area contributed by atoms with Crippen LogP contribution in [0.15, 0.2) is 69.9 Å². The molecule has 1 unspecified atom stereocenters. The largest absolute Gasteiger partial charge is 0.378 e. The molecule has 0 spiro atoms. The van der Waals surface area contributed by atoms with E-state index in [-0.39, 0.29) is 18.3 Å². The SMILES string of the molecule is CC(C)c1cc(-c2ccc(N3CCOCC3)cc2)cc(C(C)C)c1CC(=O)N=S(N)(=O)c1ccc(CN(C)C)cc1. The topological polar surface area (TPSA) is 88.2 Å². The molecule has 1 amide bonds. The van der Waals surface area contributed by atoms with Gasteiger partial charge in [0.15, 0.2) is 0 Å². The number of nitrogens with zero attached hydrogens (tertiary/aromatic N) is 3. The molecule has 1 aliphatic rings. The molecular weight excluding hydrogens is 532 g/mol. The Kier molecular flexibility index (Phi) is 10.0. The molecule has 1 fully saturated rings. The Labute approximate surface area is 246 Å². The third kappa shape index (κ3) is 7.83. The zero-order valence-corrected chi connectivity index (χ0v) is 26.0. The van der Waals surface area contributed by atoms with Crippen LogP contribution in [0, 0.1) is 0 Å². The highest BCUT2D eigenvalue weighted by Crippen LogP contribution is 2.35. The average molecular weight is 577 g/mol. The maximum atomic E-state index is 13.3. The van der Waals surface area contributed by atoms with Crippen LogP contribution >= 0.6 is 0 Å². The van der Waals surface area contributed by atoms with Crippen molar-refractivity contribution in [2.75, 3.05) is 45.3 Å². The van der Waals surface area contributed by atoms with Gasteiger partial charge >= 0.3 is 0 Å².